The summed E-state index contributed by atoms with van der Waals surface area (Å²) < 4.78 is 0. The molecule has 0 spiro atoms. The molecule has 0 aliphatic carbocycles. The highest BCUT2D eigenvalue weighted by Gasteiger charge is 2.22. The van der Waals surface area contributed by atoms with Gasteiger partial charge in [0, 0.05) is 43.7 Å². The lowest BCUT2D eigenvalue weighted by molar-refractivity contribution is -0.126. The summed E-state index contributed by atoms with van der Waals surface area (Å²) >= 11 is 0. The minimum atomic E-state index is -0.221. The maximum Gasteiger partial charge on any atom is 0.253 e. The number of nitrogens with one attached hydrogen (secondary N) is 2. The molecule has 1 aliphatic heterocycles. The fourth-order valence-corrected chi connectivity index (χ4v) is 3.55. The lowest BCUT2D eigenvalue weighted by Crippen LogP contribution is -2.35. The van der Waals surface area contributed by atoms with Crippen molar-refractivity contribution in [3.63, 3.8) is 0 Å². The maximum atomic E-state index is 12.8. The average molecular weight is 409 g/mol. The van der Waals surface area contributed by atoms with E-state index in [2.05, 4.69) is 15.6 Å². The molecule has 2 heterocycles. The van der Waals surface area contributed by atoms with Crippen molar-refractivity contribution in [3.05, 3.63) is 66.0 Å². The van der Waals surface area contributed by atoms with Crippen LogP contribution in [0.4, 0.5) is 0 Å². The highest BCUT2D eigenvalue weighted by atomic mass is 16.2. The van der Waals surface area contributed by atoms with Gasteiger partial charge in [0.1, 0.15) is 0 Å². The quantitative estimate of drug-likeness (QED) is 0.811. The molecule has 2 N–H and O–H groups in total. The number of aromatic nitrogens is 1. The molecule has 2 aromatic rings. The average Bonchev–Trinajstić information content (AvgIpc) is 2.83. The van der Waals surface area contributed by atoms with Crippen LogP contribution in [-0.4, -0.2) is 47.2 Å². The van der Waals surface area contributed by atoms with Gasteiger partial charge in [-0.25, -0.2) is 0 Å². The van der Waals surface area contributed by atoms with Gasteiger partial charge in [0.05, 0.1) is 12.2 Å². The van der Waals surface area contributed by atoms with E-state index in [9.17, 15) is 14.4 Å². The van der Waals surface area contributed by atoms with Crippen LogP contribution >= 0.6 is 0 Å². The van der Waals surface area contributed by atoms with Crippen LogP contribution in [-0.2, 0) is 16.1 Å². The van der Waals surface area contributed by atoms with E-state index >= 15 is 0 Å². The molecule has 158 valence electrons. The van der Waals surface area contributed by atoms with Crippen LogP contribution in [0.25, 0.3) is 0 Å². The Morgan fingerprint density at radius 1 is 1.07 bits per heavy atom. The number of carbonyl (C=O) groups is 3. The molecule has 1 aliphatic rings. The largest absolute Gasteiger partial charge is 0.356 e. The molecule has 1 aromatic heterocycles. The molecule has 30 heavy (non-hydrogen) atoms. The third-order valence-corrected chi connectivity index (χ3v) is 5.25. The number of carbonyl (C=O) groups excluding carboxylic acids is 3. The second-order valence-electron chi connectivity index (χ2n) is 7.42. The predicted octanol–water partition coefficient (Wildman–Crippen LogP) is 2.15. The number of amides is 3. The van der Waals surface area contributed by atoms with Crippen molar-refractivity contribution < 1.29 is 14.4 Å². The van der Waals surface area contributed by atoms with Gasteiger partial charge < -0.3 is 15.5 Å². The van der Waals surface area contributed by atoms with Crippen molar-refractivity contribution in [2.45, 2.75) is 32.2 Å². The smallest absolute Gasteiger partial charge is 0.253 e. The monoisotopic (exact) mass is 408 g/mol. The second kappa shape index (κ2) is 11.1. The Morgan fingerprint density at radius 3 is 2.63 bits per heavy atom. The van der Waals surface area contributed by atoms with E-state index < -0.39 is 0 Å². The summed E-state index contributed by atoms with van der Waals surface area (Å²) in [4.78, 5) is 43.6. The van der Waals surface area contributed by atoms with E-state index in [1.54, 1.807) is 23.2 Å². The van der Waals surface area contributed by atoms with E-state index in [1.807, 2.05) is 36.4 Å². The van der Waals surface area contributed by atoms with Gasteiger partial charge in [0.2, 0.25) is 11.8 Å². The summed E-state index contributed by atoms with van der Waals surface area (Å²) in [6.07, 6.45) is 3.89. The minimum Gasteiger partial charge on any atom is -0.356 e. The summed E-state index contributed by atoms with van der Waals surface area (Å²) in [6, 6.07) is 14.7. The minimum absolute atomic E-state index is 0.0462. The molecule has 1 fully saturated rings. The molecule has 3 rings (SSSR count). The first kappa shape index (κ1) is 21.5. The summed E-state index contributed by atoms with van der Waals surface area (Å²) in [5.74, 6) is -0.454. The van der Waals surface area contributed by atoms with Gasteiger partial charge in [-0.3, -0.25) is 19.4 Å². The fraction of sp³-hybridized carbons (Fsp3) is 0.391. The molecule has 7 nitrogen and oxygen atoms in total. The highest BCUT2D eigenvalue weighted by Crippen LogP contribution is 2.15. The topological polar surface area (TPSA) is 91.4 Å². The first-order chi connectivity index (χ1) is 14.6. The molecule has 7 heteroatoms. The zero-order chi connectivity index (χ0) is 21.2. The summed E-state index contributed by atoms with van der Waals surface area (Å²) in [5, 5.41) is 5.81. The van der Waals surface area contributed by atoms with Crippen LogP contribution in [0.3, 0.4) is 0 Å². The molecule has 0 radical (unpaired) electrons. The first-order valence-electron chi connectivity index (χ1n) is 10.4. The normalized spacial score (nSPS) is 18.1. The van der Waals surface area contributed by atoms with Gasteiger partial charge in [-0.2, -0.15) is 0 Å². The SMILES string of the molecule is O=C1CCN(C(=O)c2ccccc2)CCCC(C(=O)NCc2ccccn2)CCN1. The van der Waals surface area contributed by atoms with E-state index in [4.69, 9.17) is 0 Å². The van der Waals surface area contributed by atoms with Gasteiger partial charge in [-0.15, -0.1) is 0 Å². The Hall–Kier alpha value is -3.22. The highest BCUT2D eigenvalue weighted by molar-refractivity contribution is 5.94. The van der Waals surface area contributed by atoms with Crippen LogP contribution in [0.15, 0.2) is 54.7 Å². The van der Waals surface area contributed by atoms with E-state index in [0.717, 1.165) is 5.69 Å². The van der Waals surface area contributed by atoms with Crippen molar-refractivity contribution >= 4 is 17.7 Å². The summed E-state index contributed by atoms with van der Waals surface area (Å²) in [5.41, 5.74) is 1.41. The van der Waals surface area contributed by atoms with E-state index in [1.165, 1.54) is 0 Å². The standard InChI is InChI=1S/C23H28N4O3/c28-21-12-16-27(23(30)19-7-2-1-3-8-19)15-6-9-18(11-14-25-21)22(29)26-17-20-10-4-5-13-24-20/h1-5,7-8,10,13,18H,6,9,11-12,14-17H2,(H,25,28)(H,26,29). The van der Waals surface area contributed by atoms with Crippen molar-refractivity contribution in [3.8, 4) is 0 Å². The molecule has 1 unspecified atom stereocenters. The van der Waals surface area contributed by atoms with Crippen molar-refractivity contribution in [1.29, 1.82) is 0 Å². The van der Waals surface area contributed by atoms with Gasteiger partial charge >= 0.3 is 0 Å². The van der Waals surface area contributed by atoms with Crippen LogP contribution in [0.1, 0.15) is 41.7 Å². The predicted molar refractivity (Wildman–Crippen MR) is 113 cm³/mol. The zero-order valence-corrected chi connectivity index (χ0v) is 17.0. The molecule has 0 saturated carbocycles. The Bertz CT molecular complexity index is 842. The number of rotatable bonds is 4. The van der Waals surface area contributed by atoms with Crippen molar-refractivity contribution in [2.24, 2.45) is 5.92 Å². The van der Waals surface area contributed by atoms with Crippen LogP contribution in [0.5, 0.6) is 0 Å². The third kappa shape index (κ3) is 6.40. The molecular formula is C23H28N4O3. The van der Waals surface area contributed by atoms with E-state index in [0.29, 0.717) is 51.0 Å². The maximum absolute atomic E-state index is 12.8. The molecule has 1 atom stereocenters. The van der Waals surface area contributed by atoms with Gasteiger partial charge in [-0.1, -0.05) is 24.3 Å². The van der Waals surface area contributed by atoms with Crippen molar-refractivity contribution in [1.82, 2.24) is 20.5 Å². The lowest BCUT2D eigenvalue weighted by Gasteiger charge is -2.23. The third-order valence-electron chi connectivity index (χ3n) is 5.25. The lowest BCUT2D eigenvalue weighted by atomic mass is 9.98. The van der Waals surface area contributed by atoms with Crippen LogP contribution in [0, 0.1) is 5.92 Å². The number of hydrogen-bond acceptors (Lipinski definition) is 4. The van der Waals surface area contributed by atoms with Crippen molar-refractivity contribution in [2.75, 3.05) is 19.6 Å². The fourth-order valence-electron chi connectivity index (χ4n) is 3.55. The zero-order valence-electron chi connectivity index (χ0n) is 17.0. The number of nitrogens with zero attached hydrogens (tertiary/aromatic N) is 2. The Balaban J connectivity index is 1.61. The summed E-state index contributed by atoms with van der Waals surface area (Å²) in [7, 11) is 0. The van der Waals surface area contributed by atoms with Gasteiger partial charge in [0.15, 0.2) is 0 Å². The van der Waals surface area contributed by atoms with Gasteiger partial charge in [-0.05, 0) is 43.5 Å². The van der Waals surface area contributed by atoms with Gasteiger partial charge in [0.25, 0.3) is 5.91 Å². The molecule has 3 amide bonds. The molecule has 1 saturated heterocycles. The van der Waals surface area contributed by atoms with E-state index in [-0.39, 0.29) is 30.1 Å². The number of benzene rings is 1. The summed E-state index contributed by atoms with van der Waals surface area (Å²) in [6.45, 7) is 1.72. The molecule has 0 bridgehead atoms. The number of pyridine rings is 1. The first-order valence-corrected chi connectivity index (χ1v) is 10.4. The Kier molecular flexibility index (Phi) is 7.94. The Morgan fingerprint density at radius 2 is 1.87 bits per heavy atom. The second-order valence-corrected chi connectivity index (χ2v) is 7.42. The number of hydrogen-bond donors (Lipinski definition) is 2. The van der Waals surface area contributed by atoms with Crippen LogP contribution < -0.4 is 10.6 Å². The molecule has 1 aromatic carbocycles. The van der Waals surface area contributed by atoms with Crippen LogP contribution in [0.2, 0.25) is 0 Å². The Labute approximate surface area is 176 Å². The molecular weight excluding hydrogens is 380 g/mol.